The first kappa shape index (κ1) is 20.1. The minimum Gasteiger partial charge on any atom is -0.426 e. The van der Waals surface area contributed by atoms with Crippen LogP contribution in [-0.2, 0) is 11.3 Å². The highest BCUT2D eigenvalue weighted by Crippen LogP contribution is 2.25. The van der Waals surface area contributed by atoms with Gasteiger partial charge in [0, 0.05) is 22.7 Å². The molecule has 3 rings (SSSR count). The molecule has 8 heteroatoms. The van der Waals surface area contributed by atoms with Crippen molar-refractivity contribution < 1.29 is 14.3 Å². The molecule has 0 N–H and O–H groups in total. The Hall–Kier alpha value is -2.64. The maximum absolute atomic E-state index is 12.1. The number of esters is 1. The standard InChI is InChI=1S/C20H18ClN3O3S/c1-3-24-19(15-4-8-16(21)9-5-15)22-23-20(24)28-12-18(26)27-17-10-6-14(7-11-17)13(2)25/h4-11H,3,12H2,1-2H3. The molecule has 0 unspecified atom stereocenters. The summed E-state index contributed by atoms with van der Waals surface area (Å²) in [5.41, 5.74) is 1.47. The van der Waals surface area contributed by atoms with Crippen LogP contribution in [-0.4, -0.2) is 32.3 Å². The molecule has 1 heterocycles. The lowest BCUT2D eigenvalue weighted by molar-refractivity contribution is -0.131. The van der Waals surface area contributed by atoms with Crippen LogP contribution < -0.4 is 4.74 Å². The summed E-state index contributed by atoms with van der Waals surface area (Å²) < 4.78 is 7.24. The summed E-state index contributed by atoms with van der Waals surface area (Å²) in [6.45, 7) is 4.14. The molecule has 0 saturated heterocycles. The van der Waals surface area contributed by atoms with Gasteiger partial charge in [0.2, 0.25) is 0 Å². The van der Waals surface area contributed by atoms with E-state index in [0.29, 0.717) is 28.0 Å². The largest absolute Gasteiger partial charge is 0.426 e. The van der Waals surface area contributed by atoms with E-state index in [1.807, 2.05) is 23.6 Å². The molecule has 0 amide bonds. The summed E-state index contributed by atoms with van der Waals surface area (Å²) in [6.07, 6.45) is 0. The summed E-state index contributed by atoms with van der Waals surface area (Å²) in [5, 5.41) is 9.72. The molecule has 0 spiro atoms. The average molecular weight is 416 g/mol. The summed E-state index contributed by atoms with van der Waals surface area (Å²) in [6, 6.07) is 13.8. The number of ketones is 1. The van der Waals surface area contributed by atoms with Crippen LogP contribution in [0.4, 0.5) is 0 Å². The molecule has 0 fully saturated rings. The third-order valence-electron chi connectivity index (χ3n) is 3.95. The van der Waals surface area contributed by atoms with Crippen molar-refractivity contribution in [3.05, 3.63) is 59.1 Å². The van der Waals surface area contributed by atoms with Gasteiger partial charge in [0.15, 0.2) is 16.8 Å². The number of hydrogen-bond donors (Lipinski definition) is 0. The van der Waals surface area contributed by atoms with Gasteiger partial charge in [-0.1, -0.05) is 23.4 Å². The van der Waals surface area contributed by atoms with Gasteiger partial charge in [-0.15, -0.1) is 10.2 Å². The first-order valence-electron chi connectivity index (χ1n) is 8.61. The molecule has 6 nitrogen and oxygen atoms in total. The van der Waals surface area contributed by atoms with E-state index in [2.05, 4.69) is 10.2 Å². The van der Waals surface area contributed by atoms with E-state index in [1.165, 1.54) is 18.7 Å². The number of carbonyl (C=O) groups is 2. The topological polar surface area (TPSA) is 74.1 Å². The van der Waals surface area contributed by atoms with Gasteiger partial charge in [0.05, 0.1) is 5.75 Å². The number of benzene rings is 2. The zero-order chi connectivity index (χ0) is 20.1. The average Bonchev–Trinajstić information content (AvgIpc) is 3.10. The number of nitrogens with zero attached hydrogens (tertiary/aromatic N) is 3. The minimum atomic E-state index is -0.403. The van der Waals surface area contributed by atoms with Crippen LogP contribution in [0.1, 0.15) is 24.2 Å². The van der Waals surface area contributed by atoms with Crippen LogP contribution in [0.5, 0.6) is 5.75 Å². The molecule has 1 aromatic heterocycles. The second-order valence-corrected chi connectivity index (χ2v) is 7.28. The van der Waals surface area contributed by atoms with Gasteiger partial charge in [0.1, 0.15) is 5.75 Å². The highest BCUT2D eigenvalue weighted by atomic mass is 35.5. The fourth-order valence-corrected chi connectivity index (χ4v) is 3.44. The second kappa shape index (κ2) is 9.03. The Bertz CT molecular complexity index is 985. The Morgan fingerprint density at radius 1 is 1.07 bits per heavy atom. The van der Waals surface area contributed by atoms with Crippen molar-refractivity contribution >= 4 is 35.1 Å². The Labute approximate surface area is 171 Å². The van der Waals surface area contributed by atoms with E-state index in [0.717, 1.165) is 11.4 Å². The Kier molecular flexibility index (Phi) is 6.49. The monoisotopic (exact) mass is 415 g/mol. The number of halogens is 1. The highest BCUT2D eigenvalue weighted by Gasteiger charge is 2.15. The first-order valence-corrected chi connectivity index (χ1v) is 9.98. The SMILES string of the molecule is CCn1c(SCC(=O)Oc2ccc(C(C)=O)cc2)nnc1-c1ccc(Cl)cc1. The van der Waals surface area contributed by atoms with E-state index in [9.17, 15) is 9.59 Å². The van der Waals surface area contributed by atoms with Gasteiger partial charge < -0.3 is 9.30 Å². The quantitative estimate of drug-likeness (QED) is 0.244. The van der Waals surface area contributed by atoms with Crippen molar-refractivity contribution in [3.63, 3.8) is 0 Å². The molecular formula is C20H18ClN3O3S. The number of rotatable bonds is 7. The van der Waals surface area contributed by atoms with Gasteiger partial charge in [-0.3, -0.25) is 9.59 Å². The molecule has 0 atom stereocenters. The Balaban J connectivity index is 1.64. The molecule has 3 aromatic rings. The third-order valence-corrected chi connectivity index (χ3v) is 5.14. The number of aromatic nitrogens is 3. The van der Waals surface area contributed by atoms with Crippen molar-refractivity contribution in [2.24, 2.45) is 0 Å². The smallest absolute Gasteiger partial charge is 0.321 e. The molecule has 0 saturated carbocycles. The van der Waals surface area contributed by atoms with Gasteiger partial charge in [-0.05, 0) is 62.4 Å². The lowest BCUT2D eigenvalue weighted by Crippen LogP contribution is -2.11. The van der Waals surface area contributed by atoms with E-state index in [1.54, 1.807) is 36.4 Å². The zero-order valence-corrected chi connectivity index (χ0v) is 17.0. The van der Waals surface area contributed by atoms with E-state index in [-0.39, 0.29) is 11.5 Å². The van der Waals surface area contributed by atoms with Crippen LogP contribution in [0.25, 0.3) is 11.4 Å². The fourth-order valence-electron chi connectivity index (χ4n) is 2.54. The molecule has 0 radical (unpaired) electrons. The molecule has 0 bridgehead atoms. The Morgan fingerprint density at radius 3 is 2.36 bits per heavy atom. The van der Waals surface area contributed by atoms with Crippen LogP contribution in [0, 0.1) is 0 Å². The van der Waals surface area contributed by atoms with E-state index in [4.69, 9.17) is 16.3 Å². The number of ether oxygens (including phenoxy) is 1. The van der Waals surface area contributed by atoms with Crippen LogP contribution in [0.2, 0.25) is 5.02 Å². The number of hydrogen-bond acceptors (Lipinski definition) is 6. The van der Waals surface area contributed by atoms with Crippen molar-refractivity contribution in [2.45, 2.75) is 25.5 Å². The molecule has 28 heavy (non-hydrogen) atoms. The van der Waals surface area contributed by atoms with Crippen molar-refractivity contribution in [1.29, 1.82) is 0 Å². The molecule has 0 aliphatic heterocycles. The van der Waals surface area contributed by atoms with Crippen LogP contribution >= 0.6 is 23.4 Å². The molecular weight excluding hydrogens is 398 g/mol. The van der Waals surface area contributed by atoms with Gasteiger partial charge >= 0.3 is 5.97 Å². The van der Waals surface area contributed by atoms with Gasteiger partial charge in [0.25, 0.3) is 0 Å². The predicted molar refractivity (Wildman–Crippen MR) is 109 cm³/mol. The lowest BCUT2D eigenvalue weighted by atomic mass is 10.1. The normalized spacial score (nSPS) is 10.7. The summed E-state index contributed by atoms with van der Waals surface area (Å²) in [7, 11) is 0. The van der Waals surface area contributed by atoms with Crippen LogP contribution in [0.3, 0.4) is 0 Å². The number of Topliss-reactive ketones (excluding diaryl/α,β-unsaturated/α-hetero) is 1. The zero-order valence-electron chi connectivity index (χ0n) is 15.4. The van der Waals surface area contributed by atoms with Gasteiger partial charge in [-0.25, -0.2) is 0 Å². The maximum atomic E-state index is 12.1. The lowest BCUT2D eigenvalue weighted by Gasteiger charge is -2.08. The van der Waals surface area contributed by atoms with Crippen LogP contribution in [0.15, 0.2) is 53.7 Å². The molecule has 0 aliphatic rings. The summed E-state index contributed by atoms with van der Waals surface area (Å²) in [5.74, 6) is 0.764. The van der Waals surface area contributed by atoms with E-state index < -0.39 is 5.97 Å². The molecule has 144 valence electrons. The first-order chi connectivity index (χ1) is 13.5. The predicted octanol–water partition coefficient (Wildman–Crippen LogP) is 4.52. The molecule has 0 aliphatic carbocycles. The maximum Gasteiger partial charge on any atom is 0.321 e. The Morgan fingerprint density at radius 2 is 1.75 bits per heavy atom. The van der Waals surface area contributed by atoms with Gasteiger partial charge in [-0.2, -0.15) is 0 Å². The second-order valence-electron chi connectivity index (χ2n) is 5.90. The summed E-state index contributed by atoms with van der Waals surface area (Å²) >= 11 is 7.20. The third kappa shape index (κ3) is 4.79. The fraction of sp³-hybridized carbons (Fsp3) is 0.200. The highest BCUT2D eigenvalue weighted by molar-refractivity contribution is 7.99. The van der Waals surface area contributed by atoms with Crippen molar-refractivity contribution in [1.82, 2.24) is 14.8 Å². The summed E-state index contributed by atoms with van der Waals surface area (Å²) in [4.78, 5) is 23.4. The van der Waals surface area contributed by atoms with E-state index >= 15 is 0 Å². The van der Waals surface area contributed by atoms with Crippen molar-refractivity contribution in [3.8, 4) is 17.1 Å². The number of carbonyl (C=O) groups excluding carboxylic acids is 2. The minimum absolute atomic E-state index is 0.0381. The molecule has 2 aromatic carbocycles. The van der Waals surface area contributed by atoms with Crippen molar-refractivity contribution in [2.75, 3.05) is 5.75 Å². The number of thioether (sulfide) groups is 1.